The Morgan fingerprint density at radius 3 is 2.74 bits per heavy atom. The molecule has 3 N–H and O–H groups in total. The van der Waals surface area contributed by atoms with Crippen molar-refractivity contribution in [1.29, 1.82) is 0 Å². The zero-order valence-electron chi connectivity index (χ0n) is 10.1. The summed E-state index contributed by atoms with van der Waals surface area (Å²) in [6.45, 7) is 1.66. The van der Waals surface area contributed by atoms with Crippen molar-refractivity contribution in [2.75, 3.05) is 10.5 Å². The summed E-state index contributed by atoms with van der Waals surface area (Å²) in [5.41, 5.74) is 5.95. The Morgan fingerprint density at radius 1 is 1.42 bits per heavy atom. The van der Waals surface area contributed by atoms with Gasteiger partial charge in [-0.15, -0.1) is 0 Å². The number of anilines is 2. The van der Waals surface area contributed by atoms with Gasteiger partial charge in [0.05, 0.1) is 11.4 Å². The molecule has 0 saturated heterocycles. The van der Waals surface area contributed by atoms with Gasteiger partial charge in [0, 0.05) is 6.07 Å². The summed E-state index contributed by atoms with van der Waals surface area (Å²) < 4.78 is 43.7. The van der Waals surface area contributed by atoms with Crippen molar-refractivity contribution in [2.24, 2.45) is 0 Å². The Bertz CT molecular complexity index is 697. The van der Waals surface area contributed by atoms with Gasteiger partial charge in [-0.3, -0.25) is 4.72 Å². The van der Waals surface area contributed by atoms with Gasteiger partial charge < -0.3 is 10.3 Å². The average molecular weight is 285 g/mol. The minimum absolute atomic E-state index is 0.0138. The summed E-state index contributed by atoms with van der Waals surface area (Å²) in [5.74, 6) is -0.361. The van der Waals surface area contributed by atoms with E-state index >= 15 is 0 Å². The molecule has 0 saturated carbocycles. The van der Waals surface area contributed by atoms with Crippen LogP contribution in [0.1, 0.15) is 11.5 Å². The molecule has 6 nitrogen and oxygen atoms in total. The van der Waals surface area contributed by atoms with E-state index in [4.69, 9.17) is 10.3 Å². The molecule has 0 unspecified atom stereocenters. The third-order valence-electron chi connectivity index (χ3n) is 2.29. The molecule has 8 heteroatoms. The molecular weight excluding hydrogens is 273 g/mol. The van der Waals surface area contributed by atoms with Crippen molar-refractivity contribution in [1.82, 2.24) is 5.16 Å². The topological polar surface area (TPSA) is 98.2 Å². The number of nitrogens with zero attached hydrogens (tertiary/aromatic N) is 1. The number of nitrogens with two attached hydrogens (primary N) is 1. The van der Waals surface area contributed by atoms with Crippen LogP contribution in [0.2, 0.25) is 0 Å². The highest BCUT2D eigenvalue weighted by Gasteiger charge is 2.16. The van der Waals surface area contributed by atoms with Gasteiger partial charge in [0.1, 0.15) is 23.0 Å². The standard InChI is InChI=1S/C11H12FN3O3S/c1-7-4-9(14-18-7)6-19(16,17)15-11-3-2-8(12)5-10(11)13/h2-5,15H,6,13H2,1H3. The van der Waals surface area contributed by atoms with Crippen molar-refractivity contribution in [3.63, 3.8) is 0 Å². The van der Waals surface area contributed by atoms with Crippen LogP contribution in [0, 0.1) is 12.7 Å². The number of hydrogen-bond donors (Lipinski definition) is 2. The van der Waals surface area contributed by atoms with Gasteiger partial charge in [0.2, 0.25) is 10.0 Å². The lowest BCUT2D eigenvalue weighted by molar-refractivity contribution is 0.392. The molecule has 1 aromatic carbocycles. The normalized spacial score (nSPS) is 11.5. The number of aromatic nitrogens is 1. The van der Waals surface area contributed by atoms with Crippen LogP contribution in [-0.2, 0) is 15.8 Å². The van der Waals surface area contributed by atoms with Gasteiger partial charge >= 0.3 is 0 Å². The van der Waals surface area contributed by atoms with E-state index in [0.29, 0.717) is 5.76 Å². The molecule has 0 fully saturated rings. The number of sulfonamides is 1. The Kier molecular flexibility index (Phi) is 3.43. The minimum Gasteiger partial charge on any atom is -0.397 e. The van der Waals surface area contributed by atoms with Crippen LogP contribution in [0.5, 0.6) is 0 Å². The summed E-state index contributed by atoms with van der Waals surface area (Å²) in [7, 11) is -3.68. The van der Waals surface area contributed by atoms with E-state index in [1.807, 2.05) is 0 Å². The smallest absolute Gasteiger partial charge is 0.238 e. The fourth-order valence-corrected chi connectivity index (χ4v) is 2.63. The SMILES string of the molecule is Cc1cc(CS(=O)(=O)Nc2ccc(F)cc2N)no1. The first-order valence-electron chi connectivity index (χ1n) is 5.33. The van der Waals surface area contributed by atoms with Crippen LogP contribution in [0.25, 0.3) is 0 Å². The predicted molar refractivity (Wildman–Crippen MR) is 68.3 cm³/mol. The third kappa shape index (κ3) is 3.44. The zero-order valence-corrected chi connectivity index (χ0v) is 10.9. The minimum atomic E-state index is -3.68. The van der Waals surface area contributed by atoms with Gasteiger partial charge in [0.15, 0.2) is 0 Å². The lowest BCUT2D eigenvalue weighted by Crippen LogP contribution is -2.16. The summed E-state index contributed by atoms with van der Waals surface area (Å²) in [5, 5.41) is 3.59. The number of aryl methyl sites for hydroxylation is 1. The van der Waals surface area contributed by atoms with E-state index in [2.05, 4.69) is 9.88 Å². The average Bonchev–Trinajstić information content (AvgIpc) is 2.67. The van der Waals surface area contributed by atoms with Gasteiger partial charge in [0.25, 0.3) is 0 Å². The highest BCUT2D eigenvalue weighted by molar-refractivity contribution is 7.91. The fourth-order valence-electron chi connectivity index (χ4n) is 1.51. The van der Waals surface area contributed by atoms with E-state index in [0.717, 1.165) is 12.1 Å². The first kappa shape index (κ1) is 13.3. The number of nitrogen functional groups attached to an aromatic ring is 1. The molecule has 0 bridgehead atoms. The second kappa shape index (κ2) is 4.88. The van der Waals surface area contributed by atoms with Crippen molar-refractivity contribution in [3.05, 3.63) is 41.5 Å². The number of rotatable bonds is 4. The van der Waals surface area contributed by atoms with Crippen molar-refractivity contribution < 1.29 is 17.3 Å². The summed E-state index contributed by atoms with van der Waals surface area (Å²) in [6.07, 6.45) is 0. The van der Waals surface area contributed by atoms with E-state index in [-0.39, 0.29) is 22.8 Å². The molecule has 0 spiro atoms. The molecule has 1 aromatic heterocycles. The van der Waals surface area contributed by atoms with Crippen LogP contribution >= 0.6 is 0 Å². The van der Waals surface area contributed by atoms with Crippen LogP contribution in [-0.4, -0.2) is 13.6 Å². The van der Waals surface area contributed by atoms with Gasteiger partial charge in [-0.1, -0.05) is 5.16 Å². The molecule has 0 amide bonds. The van der Waals surface area contributed by atoms with Crippen LogP contribution in [0.3, 0.4) is 0 Å². The maximum absolute atomic E-state index is 12.9. The molecule has 2 aromatic rings. The van der Waals surface area contributed by atoms with Gasteiger partial charge in [-0.2, -0.15) is 0 Å². The largest absolute Gasteiger partial charge is 0.397 e. The molecule has 102 valence electrons. The Morgan fingerprint density at radius 2 is 2.16 bits per heavy atom. The summed E-state index contributed by atoms with van der Waals surface area (Å²) in [4.78, 5) is 0. The number of benzene rings is 1. The van der Waals surface area contributed by atoms with Crippen molar-refractivity contribution >= 4 is 21.4 Å². The summed E-state index contributed by atoms with van der Waals surface area (Å²) in [6, 6.07) is 4.94. The van der Waals surface area contributed by atoms with Gasteiger partial charge in [-0.05, 0) is 25.1 Å². The highest BCUT2D eigenvalue weighted by Crippen LogP contribution is 2.21. The summed E-state index contributed by atoms with van der Waals surface area (Å²) >= 11 is 0. The fraction of sp³-hybridized carbons (Fsp3) is 0.182. The van der Waals surface area contributed by atoms with E-state index in [1.54, 1.807) is 6.92 Å². The monoisotopic (exact) mass is 285 g/mol. The number of halogens is 1. The molecular formula is C11H12FN3O3S. The van der Waals surface area contributed by atoms with Crippen LogP contribution in [0.4, 0.5) is 15.8 Å². The first-order chi connectivity index (χ1) is 8.85. The quantitative estimate of drug-likeness (QED) is 0.832. The van der Waals surface area contributed by atoms with Crippen molar-refractivity contribution in [3.8, 4) is 0 Å². The third-order valence-corrected chi connectivity index (χ3v) is 3.50. The maximum atomic E-state index is 12.9. The highest BCUT2D eigenvalue weighted by atomic mass is 32.2. The number of hydrogen-bond acceptors (Lipinski definition) is 5. The molecule has 0 atom stereocenters. The molecule has 0 aliphatic heterocycles. The first-order valence-corrected chi connectivity index (χ1v) is 6.99. The zero-order chi connectivity index (χ0) is 14.0. The maximum Gasteiger partial charge on any atom is 0.238 e. The molecule has 0 aliphatic carbocycles. The van der Waals surface area contributed by atoms with Crippen LogP contribution < -0.4 is 10.5 Å². The molecule has 0 radical (unpaired) electrons. The van der Waals surface area contributed by atoms with Crippen molar-refractivity contribution in [2.45, 2.75) is 12.7 Å². The number of nitrogens with one attached hydrogen (secondary N) is 1. The van der Waals surface area contributed by atoms with Crippen LogP contribution in [0.15, 0.2) is 28.8 Å². The second-order valence-corrected chi connectivity index (χ2v) is 5.74. The second-order valence-electron chi connectivity index (χ2n) is 4.02. The van der Waals surface area contributed by atoms with E-state index in [9.17, 15) is 12.8 Å². The predicted octanol–water partition coefficient (Wildman–Crippen LogP) is 1.65. The molecule has 19 heavy (non-hydrogen) atoms. The van der Waals surface area contributed by atoms with E-state index in [1.165, 1.54) is 12.1 Å². The lowest BCUT2D eigenvalue weighted by Gasteiger charge is -2.09. The lowest BCUT2D eigenvalue weighted by atomic mass is 10.3. The molecule has 0 aliphatic rings. The molecule has 2 rings (SSSR count). The van der Waals surface area contributed by atoms with E-state index < -0.39 is 15.8 Å². The molecule has 1 heterocycles. The van der Waals surface area contributed by atoms with Gasteiger partial charge in [-0.25, -0.2) is 12.8 Å². The Hall–Kier alpha value is -2.09. The Labute approximate surface area is 109 Å². The Balaban J connectivity index is 2.17.